The molecule has 1 N–H and O–H groups in total. The summed E-state index contributed by atoms with van der Waals surface area (Å²) in [5.74, 6) is 0.502. The van der Waals surface area contributed by atoms with Gasteiger partial charge >= 0.3 is 0 Å². The van der Waals surface area contributed by atoms with Gasteiger partial charge in [-0.2, -0.15) is 0 Å². The van der Waals surface area contributed by atoms with Gasteiger partial charge in [-0.25, -0.2) is 4.98 Å². The van der Waals surface area contributed by atoms with E-state index in [0.717, 1.165) is 0 Å². The highest BCUT2D eigenvalue weighted by atomic mass is 32.1. The van der Waals surface area contributed by atoms with Crippen LogP contribution in [0, 0.1) is 13.8 Å². The lowest BCUT2D eigenvalue weighted by atomic mass is 10.1. The molecule has 0 fully saturated rings. The van der Waals surface area contributed by atoms with Gasteiger partial charge < -0.3 is 5.32 Å². The number of nitrogens with zero attached hydrogens (tertiary/aromatic N) is 1. The van der Waals surface area contributed by atoms with E-state index in [0.29, 0.717) is 12.0 Å². The van der Waals surface area contributed by atoms with E-state index in [-0.39, 0.29) is 0 Å². The van der Waals surface area contributed by atoms with E-state index in [1.165, 1.54) is 15.6 Å². The van der Waals surface area contributed by atoms with Crippen LogP contribution in [0.5, 0.6) is 0 Å². The van der Waals surface area contributed by atoms with Crippen molar-refractivity contribution in [2.45, 2.75) is 39.7 Å². The Bertz CT molecular complexity index is 261. The number of hydrogen-bond acceptors (Lipinski definition) is 3. The Balaban J connectivity index is 2.82. The summed E-state index contributed by atoms with van der Waals surface area (Å²) in [6.45, 7) is 8.62. The van der Waals surface area contributed by atoms with E-state index in [1.54, 1.807) is 0 Å². The van der Waals surface area contributed by atoms with Crippen LogP contribution in [0.15, 0.2) is 0 Å². The average molecular weight is 198 g/mol. The van der Waals surface area contributed by atoms with Gasteiger partial charge in [-0.15, -0.1) is 11.3 Å². The van der Waals surface area contributed by atoms with Crippen LogP contribution in [-0.4, -0.2) is 18.1 Å². The molecule has 1 aromatic heterocycles. The third kappa shape index (κ3) is 2.29. The minimum Gasteiger partial charge on any atom is -0.317 e. The molecule has 2 unspecified atom stereocenters. The van der Waals surface area contributed by atoms with Crippen LogP contribution in [0.2, 0.25) is 0 Å². The second-order valence-electron chi connectivity index (χ2n) is 3.56. The Morgan fingerprint density at radius 1 is 1.31 bits per heavy atom. The number of aromatic nitrogens is 1. The Kier molecular flexibility index (Phi) is 3.45. The molecule has 1 heterocycles. The van der Waals surface area contributed by atoms with Crippen LogP contribution in [0.1, 0.15) is 35.3 Å². The molecule has 1 aromatic rings. The summed E-state index contributed by atoms with van der Waals surface area (Å²) in [5, 5.41) is 4.51. The Morgan fingerprint density at radius 3 is 2.31 bits per heavy atom. The molecule has 0 aliphatic heterocycles. The molecule has 2 atom stereocenters. The first-order valence-corrected chi connectivity index (χ1v) is 5.49. The molecule has 0 spiro atoms. The SMILES string of the molecule is CNC(C)C(C)c1nc(C)c(C)s1. The summed E-state index contributed by atoms with van der Waals surface area (Å²) in [7, 11) is 1.99. The summed E-state index contributed by atoms with van der Waals surface area (Å²) in [6.07, 6.45) is 0. The van der Waals surface area contributed by atoms with Gasteiger partial charge in [-0.05, 0) is 27.8 Å². The maximum atomic E-state index is 4.56. The van der Waals surface area contributed by atoms with Gasteiger partial charge in [-0.1, -0.05) is 6.92 Å². The van der Waals surface area contributed by atoms with Gasteiger partial charge in [0.15, 0.2) is 0 Å². The number of likely N-dealkylation sites (N-methyl/N-ethyl adjacent to an activating group) is 1. The van der Waals surface area contributed by atoms with Gasteiger partial charge in [0.25, 0.3) is 0 Å². The van der Waals surface area contributed by atoms with Crippen molar-refractivity contribution < 1.29 is 0 Å². The lowest BCUT2D eigenvalue weighted by Gasteiger charge is -2.16. The predicted octanol–water partition coefficient (Wildman–Crippen LogP) is 2.47. The molecule has 3 heteroatoms. The quantitative estimate of drug-likeness (QED) is 0.807. The Hall–Kier alpha value is -0.410. The number of aryl methyl sites for hydroxylation is 2. The molecule has 0 aliphatic carbocycles. The molecule has 1 rings (SSSR count). The maximum absolute atomic E-state index is 4.56. The van der Waals surface area contributed by atoms with Crippen LogP contribution in [0.4, 0.5) is 0 Å². The molecule has 2 nitrogen and oxygen atoms in total. The van der Waals surface area contributed by atoms with Crippen LogP contribution < -0.4 is 5.32 Å². The number of rotatable bonds is 3. The fraction of sp³-hybridized carbons (Fsp3) is 0.700. The van der Waals surface area contributed by atoms with Crippen molar-refractivity contribution >= 4 is 11.3 Å². The number of thiazole rings is 1. The van der Waals surface area contributed by atoms with Gasteiger partial charge in [0.2, 0.25) is 0 Å². The molecule has 13 heavy (non-hydrogen) atoms. The number of nitrogens with one attached hydrogen (secondary N) is 1. The molecule has 0 saturated carbocycles. The fourth-order valence-corrected chi connectivity index (χ4v) is 2.24. The Morgan fingerprint density at radius 2 is 1.92 bits per heavy atom. The predicted molar refractivity (Wildman–Crippen MR) is 58.5 cm³/mol. The summed E-state index contributed by atoms with van der Waals surface area (Å²) in [4.78, 5) is 5.90. The van der Waals surface area contributed by atoms with Gasteiger partial charge in [0.1, 0.15) is 0 Å². The van der Waals surface area contributed by atoms with Crippen LogP contribution in [0.3, 0.4) is 0 Å². The minimum atomic E-state index is 0.491. The number of hydrogen-bond donors (Lipinski definition) is 1. The summed E-state index contributed by atoms with van der Waals surface area (Å²) >= 11 is 1.82. The normalized spacial score (nSPS) is 15.8. The molecular formula is C10H18N2S. The smallest absolute Gasteiger partial charge is 0.0974 e. The zero-order valence-electron chi connectivity index (χ0n) is 9.01. The largest absolute Gasteiger partial charge is 0.317 e. The van der Waals surface area contributed by atoms with Crippen LogP contribution >= 0.6 is 11.3 Å². The van der Waals surface area contributed by atoms with E-state index in [2.05, 4.69) is 38.0 Å². The third-order valence-electron chi connectivity index (χ3n) is 2.64. The van der Waals surface area contributed by atoms with Crippen molar-refractivity contribution in [2.75, 3.05) is 7.05 Å². The van der Waals surface area contributed by atoms with Crippen molar-refractivity contribution in [3.8, 4) is 0 Å². The van der Waals surface area contributed by atoms with Crippen LogP contribution in [-0.2, 0) is 0 Å². The highest BCUT2D eigenvalue weighted by Crippen LogP contribution is 2.26. The topological polar surface area (TPSA) is 24.9 Å². The monoisotopic (exact) mass is 198 g/mol. The first kappa shape index (κ1) is 10.7. The van der Waals surface area contributed by atoms with Gasteiger partial charge in [0, 0.05) is 16.8 Å². The second-order valence-corrected chi connectivity index (χ2v) is 4.79. The van der Waals surface area contributed by atoms with E-state index >= 15 is 0 Å². The van der Waals surface area contributed by atoms with E-state index in [9.17, 15) is 0 Å². The molecule has 0 aliphatic rings. The zero-order chi connectivity index (χ0) is 10.0. The van der Waals surface area contributed by atoms with Crippen molar-refractivity contribution in [1.82, 2.24) is 10.3 Å². The first-order chi connectivity index (χ1) is 6.06. The summed E-state index contributed by atoms with van der Waals surface area (Å²) in [5.41, 5.74) is 1.18. The maximum Gasteiger partial charge on any atom is 0.0974 e. The van der Waals surface area contributed by atoms with Crippen molar-refractivity contribution in [2.24, 2.45) is 0 Å². The molecule has 0 radical (unpaired) electrons. The lowest BCUT2D eigenvalue weighted by molar-refractivity contribution is 0.522. The van der Waals surface area contributed by atoms with Crippen molar-refractivity contribution in [3.05, 3.63) is 15.6 Å². The van der Waals surface area contributed by atoms with Crippen LogP contribution in [0.25, 0.3) is 0 Å². The molecule has 0 bridgehead atoms. The minimum absolute atomic E-state index is 0.491. The molecule has 0 amide bonds. The van der Waals surface area contributed by atoms with E-state index in [4.69, 9.17) is 0 Å². The van der Waals surface area contributed by atoms with Gasteiger partial charge in [-0.3, -0.25) is 0 Å². The molecular weight excluding hydrogens is 180 g/mol. The summed E-state index contributed by atoms with van der Waals surface area (Å²) < 4.78 is 0. The molecule has 74 valence electrons. The van der Waals surface area contributed by atoms with Gasteiger partial charge in [0.05, 0.1) is 10.7 Å². The zero-order valence-corrected chi connectivity index (χ0v) is 9.83. The molecule has 0 saturated heterocycles. The third-order valence-corrected chi connectivity index (χ3v) is 3.91. The van der Waals surface area contributed by atoms with Crippen molar-refractivity contribution in [1.29, 1.82) is 0 Å². The lowest BCUT2D eigenvalue weighted by Crippen LogP contribution is -2.27. The summed E-state index contributed by atoms with van der Waals surface area (Å²) in [6, 6.07) is 0.491. The van der Waals surface area contributed by atoms with E-state index < -0.39 is 0 Å². The highest BCUT2D eigenvalue weighted by Gasteiger charge is 2.16. The molecule has 0 aromatic carbocycles. The van der Waals surface area contributed by atoms with Crippen molar-refractivity contribution in [3.63, 3.8) is 0 Å². The average Bonchev–Trinajstić information content (AvgIpc) is 2.44. The second kappa shape index (κ2) is 4.20. The highest BCUT2D eigenvalue weighted by molar-refractivity contribution is 7.11. The first-order valence-electron chi connectivity index (χ1n) is 4.67. The Labute approximate surface area is 84.4 Å². The standard InChI is InChI=1S/C10H18N2S/c1-6(7(2)11-5)10-12-8(3)9(4)13-10/h6-7,11H,1-5H3. The van der Waals surface area contributed by atoms with E-state index in [1.807, 2.05) is 18.4 Å². The fourth-order valence-electron chi connectivity index (χ4n) is 1.16.